The first-order valence-corrected chi connectivity index (χ1v) is 14.7. The molecule has 0 aliphatic carbocycles. The largest absolute Gasteiger partial charge is 0.497 e. The number of alkyl halides is 1. The maximum Gasteiger partial charge on any atom is 0.310 e. The second kappa shape index (κ2) is 12.3. The number of carbonyl (C=O) groups is 3. The number of nitrogens with zero attached hydrogens (tertiary/aromatic N) is 2. The Kier molecular flexibility index (Phi) is 9.26. The molecule has 8 nitrogen and oxygen atoms in total. The number of benzene rings is 1. The molecule has 0 aromatic heterocycles. The van der Waals surface area contributed by atoms with Crippen LogP contribution in [-0.2, 0) is 19.1 Å². The van der Waals surface area contributed by atoms with E-state index >= 15 is 0 Å². The summed E-state index contributed by atoms with van der Waals surface area (Å²) in [5.41, 5.74) is 0.663. The average Bonchev–Trinajstić information content (AvgIpc) is 3.51. The SMILES string of the molecule is C=CCCCOC(=O)[C@H]1[C@H]2C(=O)N(CCCO)C(C(=O)N(CC=C)c3ccc(OC)cc3)C23CC(Br)[C@@H]1S3. The molecule has 0 radical (unpaired) electrons. The van der Waals surface area contributed by atoms with Gasteiger partial charge in [-0.2, -0.15) is 0 Å². The summed E-state index contributed by atoms with van der Waals surface area (Å²) in [6, 6.07) is 6.39. The molecule has 1 N–H and O–H groups in total. The molecule has 10 heteroatoms. The van der Waals surface area contributed by atoms with E-state index in [2.05, 4.69) is 29.1 Å². The van der Waals surface area contributed by atoms with Crippen molar-refractivity contribution in [3.05, 3.63) is 49.6 Å². The zero-order valence-corrected chi connectivity index (χ0v) is 24.0. The maximum atomic E-state index is 14.4. The Labute approximate surface area is 236 Å². The van der Waals surface area contributed by atoms with E-state index in [4.69, 9.17) is 9.47 Å². The fourth-order valence-corrected chi connectivity index (χ4v) is 9.61. The van der Waals surface area contributed by atoms with Gasteiger partial charge in [0.25, 0.3) is 5.91 Å². The molecule has 1 aromatic carbocycles. The topological polar surface area (TPSA) is 96.4 Å². The van der Waals surface area contributed by atoms with Crippen molar-refractivity contribution in [3.8, 4) is 5.75 Å². The third-order valence-electron chi connectivity index (χ3n) is 7.61. The first-order valence-electron chi connectivity index (χ1n) is 12.9. The van der Waals surface area contributed by atoms with Gasteiger partial charge in [-0.1, -0.05) is 28.1 Å². The Morgan fingerprint density at radius 3 is 2.63 bits per heavy atom. The van der Waals surface area contributed by atoms with Crippen molar-refractivity contribution >= 4 is 51.2 Å². The van der Waals surface area contributed by atoms with Crippen molar-refractivity contribution in [2.45, 2.75) is 46.5 Å². The molecule has 4 rings (SSSR count). The fourth-order valence-electron chi connectivity index (χ4n) is 6.02. The van der Waals surface area contributed by atoms with Crippen molar-refractivity contribution in [1.29, 1.82) is 0 Å². The summed E-state index contributed by atoms with van der Waals surface area (Å²) >= 11 is 5.33. The summed E-state index contributed by atoms with van der Waals surface area (Å²) in [5, 5.41) is 9.40. The number of hydrogen-bond acceptors (Lipinski definition) is 7. The molecule has 2 bridgehead atoms. The van der Waals surface area contributed by atoms with Gasteiger partial charge in [-0.3, -0.25) is 14.4 Å². The maximum absolute atomic E-state index is 14.4. The number of amides is 2. The number of rotatable bonds is 13. The fraction of sp³-hybridized carbons (Fsp3) is 0.536. The van der Waals surface area contributed by atoms with Gasteiger partial charge in [0.2, 0.25) is 5.91 Å². The highest BCUT2D eigenvalue weighted by Crippen LogP contribution is 2.68. The van der Waals surface area contributed by atoms with Crippen LogP contribution in [0.1, 0.15) is 25.7 Å². The van der Waals surface area contributed by atoms with Gasteiger partial charge < -0.3 is 24.4 Å². The third kappa shape index (κ3) is 5.02. The minimum Gasteiger partial charge on any atom is -0.497 e. The van der Waals surface area contributed by atoms with Gasteiger partial charge in [0.15, 0.2) is 0 Å². The summed E-state index contributed by atoms with van der Waals surface area (Å²) in [7, 11) is 1.58. The number of hydrogen-bond donors (Lipinski definition) is 1. The van der Waals surface area contributed by atoms with Crippen LogP contribution < -0.4 is 9.64 Å². The minimum atomic E-state index is -0.790. The number of methoxy groups -OCH3 is 1. The lowest BCUT2D eigenvalue weighted by atomic mass is 9.71. The molecule has 1 spiro atoms. The minimum absolute atomic E-state index is 0.0378. The van der Waals surface area contributed by atoms with E-state index < -0.39 is 22.6 Å². The first kappa shape index (κ1) is 28.7. The summed E-state index contributed by atoms with van der Waals surface area (Å²) < 4.78 is 10.1. The normalized spacial score (nSPS) is 29.2. The molecule has 3 saturated heterocycles. The molecule has 0 saturated carbocycles. The monoisotopic (exact) mass is 606 g/mol. The highest BCUT2D eigenvalue weighted by Gasteiger charge is 2.76. The van der Waals surface area contributed by atoms with Crippen LogP contribution in [0.3, 0.4) is 0 Å². The average molecular weight is 608 g/mol. The zero-order chi connectivity index (χ0) is 27.4. The number of unbranched alkanes of at least 4 members (excludes halogenated alkanes) is 1. The summed E-state index contributed by atoms with van der Waals surface area (Å²) in [4.78, 5) is 44.9. The number of anilines is 1. The van der Waals surface area contributed by atoms with Gasteiger partial charge in [0, 0.05) is 35.5 Å². The molecule has 38 heavy (non-hydrogen) atoms. The van der Waals surface area contributed by atoms with E-state index in [1.807, 2.05) is 0 Å². The van der Waals surface area contributed by atoms with Gasteiger partial charge in [-0.25, -0.2) is 0 Å². The number of likely N-dealkylation sites (tertiary alicyclic amines) is 1. The Bertz CT molecular complexity index is 1070. The number of thioether (sulfide) groups is 1. The lowest BCUT2D eigenvalue weighted by Crippen LogP contribution is -2.55. The van der Waals surface area contributed by atoms with Crippen LogP contribution >= 0.6 is 27.7 Å². The second-order valence-electron chi connectivity index (χ2n) is 9.81. The number of ether oxygens (including phenoxy) is 2. The predicted molar refractivity (Wildman–Crippen MR) is 152 cm³/mol. The summed E-state index contributed by atoms with van der Waals surface area (Å²) in [6.45, 7) is 8.18. The molecule has 1 aromatic rings. The molecule has 3 aliphatic heterocycles. The predicted octanol–water partition coefficient (Wildman–Crippen LogP) is 3.57. The van der Waals surface area contributed by atoms with Gasteiger partial charge in [-0.15, -0.1) is 24.9 Å². The first-order chi connectivity index (χ1) is 18.3. The van der Waals surface area contributed by atoms with E-state index in [1.165, 1.54) is 0 Å². The van der Waals surface area contributed by atoms with Gasteiger partial charge >= 0.3 is 5.97 Å². The van der Waals surface area contributed by atoms with Crippen LogP contribution in [0.15, 0.2) is 49.6 Å². The molecule has 3 heterocycles. The lowest BCUT2D eigenvalue weighted by Gasteiger charge is -2.37. The quantitative estimate of drug-likeness (QED) is 0.159. The van der Waals surface area contributed by atoms with Crippen molar-refractivity contribution in [3.63, 3.8) is 0 Å². The number of aliphatic hydroxyl groups excluding tert-OH is 1. The summed E-state index contributed by atoms with van der Waals surface area (Å²) in [6.07, 6.45) is 5.75. The standard InChI is InChI=1S/C28H35BrN2O6S/c1-4-6-7-16-37-27(35)21-22-25(33)31(14-8-15-32)24(28(22)17-20(29)23(21)38-28)26(34)30(13-5-2)18-9-11-19(36-3)12-10-18/h4-5,9-12,20-24,32H,1-2,6-8,13-17H2,3H3/t20?,21-,22-,23-,24?,28?/m0/s1. The number of esters is 1. The highest BCUT2D eigenvalue weighted by atomic mass is 79.9. The van der Waals surface area contributed by atoms with Gasteiger partial charge in [0.1, 0.15) is 11.8 Å². The van der Waals surface area contributed by atoms with Gasteiger partial charge in [0.05, 0.1) is 30.3 Å². The van der Waals surface area contributed by atoms with Crippen LogP contribution in [0.25, 0.3) is 0 Å². The van der Waals surface area contributed by atoms with E-state index in [9.17, 15) is 19.5 Å². The van der Waals surface area contributed by atoms with Crippen molar-refractivity contribution in [2.24, 2.45) is 11.8 Å². The molecule has 3 aliphatic rings. The summed E-state index contributed by atoms with van der Waals surface area (Å²) in [5.74, 6) is -1.46. The Hall–Kier alpha value is -2.30. The molecule has 6 atom stereocenters. The number of carbonyl (C=O) groups excluding carboxylic acids is 3. The van der Waals surface area contributed by atoms with Crippen molar-refractivity contribution in [2.75, 3.05) is 38.3 Å². The van der Waals surface area contributed by atoms with Crippen LogP contribution in [0.5, 0.6) is 5.75 Å². The molecule has 3 fully saturated rings. The van der Waals surface area contributed by atoms with Crippen LogP contribution in [0, 0.1) is 11.8 Å². The third-order valence-corrected chi connectivity index (χ3v) is 10.8. The number of aliphatic hydroxyl groups is 1. The van der Waals surface area contributed by atoms with E-state index in [1.54, 1.807) is 65.1 Å². The van der Waals surface area contributed by atoms with E-state index in [-0.39, 0.29) is 54.2 Å². The second-order valence-corrected chi connectivity index (χ2v) is 12.5. The van der Waals surface area contributed by atoms with Crippen LogP contribution in [0.2, 0.25) is 0 Å². The molecular weight excluding hydrogens is 572 g/mol. The molecule has 206 valence electrons. The van der Waals surface area contributed by atoms with Gasteiger partial charge in [-0.05, 0) is 49.9 Å². The van der Waals surface area contributed by atoms with Crippen molar-refractivity contribution < 1.29 is 29.0 Å². The number of allylic oxidation sites excluding steroid dienone is 1. The Morgan fingerprint density at radius 1 is 1.26 bits per heavy atom. The van der Waals surface area contributed by atoms with Crippen LogP contribution in [0.4, 0.5) is 5.69 Å². The Balaban J connectivity index is 1.70. The number of halogens is 1. The van der Waals surface area contributed by atoms with E-state index in [0.717, 1.165) is 6.42 Å². The van der Waals surface area contributed by atoms with Crippen LogP contribution in [-0.4, -0.2) is 82.1 Å². The molecular formula is C28H35BrN2O6S. The molecule has 3 unspecified atom stereocenters. The van der Waals surface area contributed by atoms with E-state index in [0.29, 0.717) is 30.7 Å². The van der Waals surface area contributed by atoms with Crippen molar-refractivity contribution in [1.82, 2.24) is 4.90 Å². The zero-order valence-electron chi connectivity index (χ0n) is 21.6. The number of fused-ring (bicyclic) bond motifs is 1. The smallest absolute Gasteiger partial charge is 0.310 e. The Morgan fingerprint density at radius 2 is 2.00 bits per heavy atom. The highest BCUT2D eigenvalue weighted by molar-refractivity contribution is 9.09. The lowest BCUT2D eigenvalue weighted by molar-refractivity contribution is -0.154. The molecule has 2 amide bonds.